The molecule has 2 heteroatoms. The second-order valence-corrected chi connectivity index (χ2v) is 4.88. The van der Waals surface area contributed by atoms with Crippen LogP contribution < -0.4 is 5.32 Å². The summed E-state index contributed by atoms with van der Waals surface area (Å²) in [7, 11) is 0. The van der Waals surface area contributed by atoms with E-state index in [0.29, 0.717) is 6.04 Å². The van der Waals surface area contributed by atoms with Crippen molar-refractivity contribution in [2.24, 2.45) is 0 Å². The Morgan fingerprint density at radius 1 is 1.25 bits per heavy atom. The summed E-state index contributed by atoms with van der Waals surface area (Å²) in [5, 5.41) is 13.0. The molecule has 0 atom stereocenters. The summed E-state index contributed by atoms with van der Waals surface area (Å²) in [6.45, 7) is 3.07. The minimum atomic E-state index is -0.0583. The fourth-order valence-corrected chi connectivity index (χ4v) is 2.36. The van der Waals surface area contributed by atoms with Gasteiger partial charge in [-0.05, 0) is 38.2 Å². The lowest BCUT2D eigenvalue weighted by molar-refractivity contribution is 0.116. The van der Waals surface area contributed by atoms with Crippen LogP contribution in [-0.4, -0.2) is 17.3 Å². The average Bonchev–Trinajstić information content (AvgIpc) is 2.28. The van der Waals surface area contributed by atoms with Gasteiger partial charge in [-0.25, -0.2) is 0 Å². The molecule has 0 amide bonds. The summed E-state index contributed by atoms with van der Waals surface area (Å²) in [4.78, 5) is 0. The summed E-state index contributed by atoms with van der Waals surface area (Å²) in [6.07, 6.45) is 4.05. The molecule has 88 valence electrons. The van der Waals surface area contributed by atoms with E-state index in [0.717, 1.165) is 32.2 Å². The van der Waals surface area contributed by atoms with E-state index in [1.165, 1.54) is 11.1 Å². The SMILES string of the molecule is Cc1cccc(CNC2CCC(O)CC2)c1. The Balaban J connectivity index is 1.79. The third kappa shape index (κ3) is 3.32. The van der Waals surface area contributed by atoms with Crippen LogP contribution in [0.5, 0.6) is 0 Å². The van der Waals surface area contributed by atoms with Gasteiger partial charge in [0, 0.05) is 12.6 Å². The van der Waals surface area contributed by atoms with Gasteiger partial charge < -0.3 is 10.4 Å². The maximum atomic E-state index is 9.42. The fraction of sp³-hybridized carbons (Fsp3) is 0.571. The van der Waals surface area contributed by atoms with Gasteiger partial charge in [-0.2, -0.15) is 0 Å². The second-order valence-electron chi connectivity index (χ2n) is 4.88. The van der Waals surface area contributed by atoms with Crippen molar-refractivity contribution in [3.8, 4) is 0 Å². The maximum Gasteiger partial charge on any atom is 0.0541 e. The molecule has 16 heavy (non-hydrogen) atoms. The van der Waals surface area contributed by atoms with Gasteiger partial charge in [-0.3, -0.25) is 0 Å². The van der Waals surface area contributed by atoms with Gasteiger partial charge in [-0.1, -0.05) is 29.8 Å². The predicted molar refractivity (Wildman–Crippen MR) is 66.3 cm³/mol. The standard InChI is InChI=1S/C14H21NO/c1-11-3-2-4-12(9-11)10-15-13-5-7-14(16)8-6-13/h2-4,9,13-16H,5-8,10H2,1H3. The third-order valence-corrected chi connectivity index (χ3v) is 3.37. The number of benzene rings is 1. The number of hydrogen-bond donors (Lipinski definition) is 2. The summed E-state index contributed by atoms with van der Waals surface area (Å²) in [5.74, 6) is 0. The molecule has 1 aromatic rings. The van der Waals surface area contributed by atoms with E-state index < -0.39 is 0 Å². The van der Waals surface area contributed by atoms with Crippen LogP contribution in [0.4, 0.5) is 0 Å². The maximum absolute atomic E-state index is 9.42. The summed E-state index contributed by atoms with van der Waals surface area (Å²) in [5.41, 5.74) is 2.67. The first-order valence-corrected chi connectivity index (χ1v) is 6.21. The smallest absolute Gasteiger partial charge is 0.0541 e. The monoisotopic (exact) mass is 219 g/mol. The van der Waals surface area contributed by atoms with E-state index in [4.69, 9.17) is 0 Å². The molecule has 1 fully saturated rings. The predicted octanol–water partition coefficient (Wildman–Crippen LogP) is 2.39. The number of rotatable bonds is 3. The molecule has 1 saturated carbocycles. The van der Waals surface area contributed by atoms with Crippen molar-refractivity contribution in [3.63, 3.8) is 0 Å². The largest absolute Gasteiger partial charge is 0.393 e. The van der Waals surface area contributed by atoms with Gasteiger partial charge in [0.1, 0.15) is 0 Å². The molecular weight excluding hydrogens is 198 g/mol. The molecule has 1 aliphatic rings. The van der Waals surface area contributed by atoms with Crippen LogP contribution in [0, 0.1) is 6.92 Å². The summed E-state index contributed by atoms with van der Waals surface area (Å²) >= 11 is 0. The van der Waals surface area contributed by atoms with E-state index >= 15 is 0 Å². The normalized spacial score (nSPS) is 25.6. The number of aliphatic hydroxyl groups is 1. The van der Waals surface area contributed by atoms with E-state index in [1.54, 1.807) is 0 Å². The molecule has 1 aromatic carbocycles. The van der Waals surface area contributed by atoms with Crippen LogP contribution in [0.3, 0.4) is 0 Å². The minimum Gasteiger partial charge on any atom is -0.393 e. The van der Waals surface area contributed by atoms with Crippen molar-refractivity contribution < 1.29 is 5.11 Å². The zero-order chi connectivity index (χ0) is 11.4. The summed E-state index contributed by atoms with van der Waals surface area (Å²) < 4.78 is 0. The minimum absolute atomic E-state index is 0.0583. The van der Waals surface area contributed by atoms with Gasteiger partial charge in [0.2, 0.25) is 0 Å². The Bertz CT molecular complexity index is 329. The molecule has 0 radical (unpaired) electrons. The lowest BCUT2D eigenvalue weighted by atomic mass is 9.93. The first kappa shape index (κ1) is 11.6. The molecule has 0 bridgehead atoms. The molecule has 0 aliphatic heterocycles. The quantitative estimate of drug-likeness (QED) is 0.818. The van der Waals surface area contributed by atoms with Gasteiger partial charge >= 0.3 is 0 Å². The zero-order valence-electron chi connectivity index (χ0n) is 9.95. The molecular formula is C14H21NO. The molecule has 2 nitrogen and oxygen atoms in total. The molecule has 0 heterocycles. The Morgan fingerprint density at radius 2 is 2.00 bits per heavy atom. The number of aryl methyl sites for hydroxylation is 1. The number of aliphatic hydroxyl groups excluding tert-OH is 1. The van der Waals surface area contributed by atoms with Crippen LogP contribution in [0.25, 0.3) is 0 Å². The Morgan fingerprint density at radius 3 is 2.69 bits per heavy atom. The average molecular weight is 219 g/mol. The molecule has 2 rings (SSSR count). The number of hydrogen-bond acceptors (Lipinski definition) is 2. The van der Waals surface area contributed by atoms with Crippen molar-refractivity contribution in [1.29, 1.82) is 0 Å². The lowest BCUT2D eigenvalue weighted by Gasteiger charge is -2.26. The van der Waals surface area contributed by atoms with E-state index in [1.807, 2.05) is 0 Å². The van der Waals surface area contributed by atoms with Crippen molar-refractivity contribution in [1.82, 2.24) is 5.32 Å². The second kappa shape index (κ2) is 5.46. The van der Waals surface area contributed by atoms with Crippen LogP contribution >= 0.6 is 0 Å². The molecule has 0 saturated heterocycles. The molecule has 0 spiro atoms. The highest BCUT2D eigenvalue weighted by Gasteiger charge is 2.18. The fourth-order valence-electron chi connectivity index (χ4n) is 2.36. The molecule has 0 unspecified atom stereocenters. The summed E-state index contributed by atoms with van der Waals surface area (Å²) in [6, 6.07) is 9.21. The first-order valence-electron chi connectivity index (χ1n) is 6.21. The highest BCUT2D eigenvalue weighted by Crippen LogP contribution is 2.18. The first-order chi connectivity index (χ1) is 7.74. The Labute approximate surface area is 97.7 Å². The van der Waals surface area contributed by atoms with Gasteiger partial charge in [0.05, 0.1) is 6.10 Å². The lowest BCUT2D eigenvalue weighted by Crippen LogP contribution is -2.34. The van der Waals surface area contributed by atoms with E-state index in [9.17, 15) is 5.11 Å². The topological polar surface area (TPSA) is 32.3 Å². The number of nitrogens with one attached hydrogen (secondary N) is 1. The van der Waals surface area contributed by atoms with Crippen molar-refractivity contribution >= 4 is 0 Å². The van der Waals surface area contributed by atoms with Crippen molar-refractivity contribution in [2.45, 2.75) is 51.3 Å². The van der Waals surface area contributed by atoms with Crippen LogP contribution in [0.15, 0.2) is 24.3 Å². The van der Waals surface area contributed by atoms with E-state index in [-0.39, 0.29) is 6.10 Å². The molecule has 2 N–H and O–H groups in total. The van der Waals surface area contributed by atoms with Gasteiger partial charge in [-0.15, -0.1) is 0 Å². The van der Waals surface area contributed by atoms with Gasteiger partial charge in [0.25, 0.3) is 0 Å². The van der Waals surface area contributed by atoms with Crippen LogP contribution in [-0.2, 0) is 6.54 Å². The van der Waals surface area contributed by atoms with Crippen LogP contribution in [0.1, 0.15) is 36.8 Å². The van der Waals surface area contributed by atoms with Crippen molar-refractivity contribution in [3.05, 3.63) is 35.4 Å². The Hall–Kier alpha value is -0.860. The zero-order valence-corrected chi connectivity index (χ0v) is 9.95. The van der Waals surface area contributed by atoms with E-state index in [2.05, 4.69) is 36.5 Å². The van der Waals surface area contributed by atoms with Crippen LogP contribution in [0.2, 0.25) is 0 Å². The van der Waals surface area contributed by atoms with Gasteiger partial charge in [0.15, 0.2) is 0 Å². The highest BCUT2D eigenvalue weighted by atomic mass is 16.3. The highest BCUT2D eigenvalue weighted by molar-refractivity contribution is 5.22. The van der Waals surface area contributed by atoms with Crippen molar-refractivity contribution in [2.75, 3.05) is 0 Å². The Kier molecular flexibility index (Phi) is 3.97. The third-order valence-electron chi connectivity index (χ3n) is 3.37. The molecule has 1 aliphatic carbocycles. The molecule has 0 aromatic heterocycles.